The van der Waals surface area contributed by atoms with Crippen molar-refractivity contribution < 1.29 is 18.5 Å². The molecule has 0 bridgehead atoms. The zero-order chi connectivity index (χ0) is 14.4. The van der Waals surface area contributed by atoms with Crippen LogP contribution in [0.4, 0.5) is 0 Å². The van der Waals surface area contributed by atoms with Crippen LogP contribution in [0.1, 0.15) is 34.6 Å². The number of amides is 1. The zero-order valence-electron chi connectivity index (χ0n) is 11.6. The zero-order valence-corrected chi connectivity index (χ0v) is 11.6. The second-order valence-corrected chi connectivity index (χ2v) is 5.56. The van der Waals surface area contributed by atoms with E-state index >= 15 is 0 Å². The molecule has 2 saturated heterocycles. The molecule has 2 fully saturated rings. The molecule has 4 heterocycles. The van der Waals surface area contributed by atoms with Crippen LogP contribution in [-0.2, 0) is 4.74 Å². The van der Waals surface area contributed by atoms with E-state index in [9.17, 15) is 4.79 Å². The lowest BCUT2D eigenvalue weighted by Gasteiger charge is -2.17. The van der Waals surface area contributed by atoms with Gasteiger partial charge in [0.15, 0.2) is 5.82 Å². The molecule has 7 heteroatoms. The third kappa shape index (κ3) is 2.13. The van der Waals surface area contributed by atoms with E-state index in [0.717, 1.165) is 6.42 Å². The summed E-state index contributed by atoms with van der Waals surface area (Å²) in [6.45, 7) is 3.07. The van der Waals surface area contributed by atoms with E-state index in [1.807, 2.05) is 4.90 Å². The van der Waals surface area contributed by atoms with Crippen molar-refractivity contribution in [2.75, 3.05) is 13.1 Å². The normalized spacial score (nSPS) is 28.0. The summed E-state index contributed by atoms with van der Waals surface area (Å²) < 4.78 is 16.1. The molecule has 110 valence electrons. The number of aryl methyl sites for hydroxylation is 1. The number of hydrogen-bond donors (Lipinski definition) is 0. The van der Waals surface area contributed by atoms with Crippen molar-refractivity contribution in [1.29, 1.82) is 0 Å². The Balaban J connectivity index is 1.43. The fraction of sp³-hybridized carbons (Fsp3) is 0.500. The Morgan fingerprint density at radius 1 is 1.43 bits per heavy atom. The first-order chi connectivity index (χ1) is 10.2. The molecule has 0 N–H and O–H groups in total. The number of hydrogen-bond acceptors (Lipinski definition) is 6. The maximum atomic E-state index is 12.3. The number of carbonyl (C=O) groups is 1. The lowest BCUT2D eigenvalue weighted by Crippen LogP contribution is -2.30. The van der Waals surface area contributed by atoms with E-state index in [1.165, 1.54) is 12.5 Å². The van der Waals surface area contributed by atoms with Crippen molar-refractivity contribution in [3.63, 3.8) is 0 Å². The number of rotatable bonds is 2. The number of likely N-dealkylation sites (tertiary alicyclic amines) is 1. The first-order valence-corrected chi connectivity index (χ1v) is 6.98. The van der Waals surface area contributed by atoms with E-state index in [1.54, 1.807) is 13.0 Å². The van der Waals surface area contributed by atoms with Crippen LogP contribution < -0.4 is 0 Å². The van der Waals surface area contributed by atoms with Crippen LogP contribution in [0.15, 0.2) is 27.5 Å². The highest BCUT2D eigenvalue weighted by molar-refractivity contribution is 5.94. The van der Waals surface area contributed by atoms with Crippen LogP contribution in [0.5, 0.6) is 0 Å². The second kappa shape index (κ2) is 4.70. The maximum absolute atomic E-state index is 12.3. The maximum Gasteiger partial charge on any atom is 0.257 e. The van der Waals surface area contributed by atoms with Crippen molar-refractivity contribution in [2.45, 2.75) is 25.6 Å². The number of carbonyl (C=O) groups excluding carboxylic acids is 1. The van der Waals surface area contributed by atoms with E-state index in [0.29, 0.717) is 36.3 Å². The summed E-state index contributed by atoms with van der Waals surface area (Å²) in [5, 5.41) is 3.79. The van der Waals surface area contributed by atoms with Crippen LogP contribution in [0, 0.1) is 12.8 Å². The van der Waals surface area contributed by atoms with Crippen LogP contribution in [0.3, 0.4) is 0 Å². The summed E-state index contributed by atoms with van der Waals surface area (Å²) in [6, 6.07) is 1.68. The van der Waals surface area contributed by atoms with Gasteiger partial charge in [-0.1, -0.05) is 5.16 Å². The molecule has 2 aliphatic rings. The minimum absolute atomic E-state index is 0.00747. The van der Waals surface area contributed by atoms with Gasteiger partial charge < -0.3 is 18.6 Å². The van der Waals surface area contributed by atoms with Gasteiger partial charge in [-0.25, -0.2) is 0 Å². The molecule has 0 aliphatic carbocycles. The number of ether oxygens (including phenoxy) is 1. The van der Waals surface area contributed by atoms with Crippen molar-refractivity contribution >= 4 is 5.91 Å². The highest BCUT2D eigenvalue weighted by atomic mass is 16.5. The molecule has 7 nitrogen and oxygen atoms in total. The van der Waals surface area contributed by atoms with E-state index in [-0.39, 0.29) is 18.1 Å². The number of aromatic nitrogens is 2. The van der Waals surface area contributed by atoms with Crippen LogP contribution in [0.2, 0.25) is 0 Å². The summed E-state index contributed by atoms with van der Waals surface area (Å²) in [4.78, 5) is 18.3. The van der Waals surface area contributed by atoms with Crippen molar-refractivity contribution in [1.82, 2.24) is 15.0 Å². The predicted molar refractivity (Wildman–Crippen MR) is 69.4 cm³/mol. The molecule has 0 spiro atoms. The topological polar surface area (TPSA) is 81.6 Å². The highest BCUT2D eigenvalue weighted by Crippen LogP contribution is 2.40. The van der Waals surface area contributed by atoms with Crippen LogP contribution in [0.25, 0.3) is 0 Å². The number of nitrogens with zero attached hydrogens (tertiary/aromatic N) is 3. The Kier molecular flexibility index (Phi) is 2.81. The van der Waals surface area contributed by atoms with E-state index in [4.69, 9.17) is 13.7 Å². The van der Waals surface area contributed by atoms with Gasteiger partial charge in [-0.2, -0.15) is 4.98 Å². The molecule has 3 atom stereocenters. The van der Waals surface area contributed by atoms with E-state index < -0.39 is 0 Å². The lowest BCUT2D eigenvalue weighted by molar-refractivity contribution is 0.0199. The Bertz CT molecular complexity index is 637. The minimum atomic E-state index is -0.146. The number of fused-ring (bicyclic) bond motifs is 1. The van der Waals surface area contributed by atoms with Gasteiger partial charge in [0, 0.05) is 19.0 Å². The Morgan fingerprint density at radius 3 is 3.00 bits per heavy atom. The molecule has 0 radical (unpaired) electrons. The first-order valence-electron chi connectivity index (χ1n) is 6.98. The third-order valence-corrected chi connectivity index (χ3v) is 4.11. The molecule has 0 unspecified atom stereocenters. The predicted octanol–water partition coefficient (Wildman–Crippen LogP) is 1.57. The molecule has 2 aromatic rings. The van der Waals surface area contributed by atoms with Gasteiger partial charge in [-0.15, -0.1) is 0 Å². The van der Waals surface area contributed by atoms with Gasteiger partial charge in [0.1, 0.15) is 12.4 Å². The summed E-state index contributed by atoms with van der Waals surface area (Å²) in [5.74, 6) is 1.46. The standard InChI is InChI=1S/C14H15N3O4/c1-8-15-13(21-16-8)11-4-10-5-17(6-12(10)20-11)14(18)9-2-3-19-7-9/h2-3,7,10-12H,4-6H2,1H3/t10-,11+,12+/m0/s1. The number of furan rings is 1. The SMILES string of the molecule is Cc1noc([C@H]2C[C@H]3CN(C(=O)c4ccoc4)C[C@H]3O2)n1. The van der Waals surface area contributed by atoms with Gasteiger partial charge in [-0.05, 0) is 19.4 Å². The summed E-state index contributed by atoms with van der Waals surface area (Å²) in [5.41, 5.74) is 0.582. The molecular formula is C14H15N3O4. The summed E-state index contributed by atoms with van der Waals surface area (Å²) >= 11 is 0. The monoisotopic (exact) mass is 289 g/mol. The van der Waals surface area contributed by atoms with Gasteiger partial charge in [0.05, 0.1) is 17.9 Å². The van der Waals surface area contributed by atoms with Crippen molar-refractivity contribution in [3.05, 3.63) is 35.9 Å². The van der Waals surface area contributed by atoms with E-state index in [2.05, 4.69) is 10.1 Å². The molecule has 0 saturated carbocycles. The third-order valence-electron chi connectivity index (χ3n) is 4.11. The Hall–Kier alpha value is -2.15. The Labute approximate surface area is 120 Å². The molecule has 2 aromatic heterocycles. The minimum Gasteiger partial charge on any atom is -0.472 e. The quantitative estimate of drug-likeness (QED) is 0.834. The molecule has 21 heavy (non-hydrogen) atoms. The molecule has 2 aliphatic heterocycles. The molecule has 4 rings (SSSR count). The fourth-order valence-electron chi connectivity index (χ4n) is 3.10. The lowest BCUT2D eigenvalue weighted by atomic mass is 10.0. The average molecular weight is 289 g/mol. The fourth-order valence-corrected chi connectivity index (χ4v) is 3.10. The molecule has 1 amide bonds. The highest BCUT2D eigenvalue weighted by Gasteiger charge is 2.45. The summed E-state index contributed by atoms with van der Waals surface area (Å²) in [6.07, 6.45) is 3.68. The van der Waals surface area contributed by atoms with Crippen LogP contribution in [-0.4, -0.2) is 40.1 Å². The van der Waals surface area contributed by atoms with Crippen LogP contribution >= 0.6 is 0 Å². The van der Waals surface area contributed by atoms with Crippen molar-refractivity contribution in [3.8, 4) is 0 Å². The van der Waals surface area contributed by atoms with Crippen molar-refractivity contribution in [2.24, 2.45) is 5.92 Å². The molecular weight excluding hydrogens is 274 g/mol. The second-order valence-electron chi connectivity index (χ2n) is 5.56. The summed E-state index contributed by atoms with van der Waals surface area (Å²) in [7, 11) is 0. The Morgan fingerprint density at radius 2 is 2.33 bits per heavy atom. The largest absolute Gasteiger partial charge is 0.472 e. The average Bonchev–Trinajstić information content (AvgIpc) is 3.20. The van der Waals surface area contributed by atoms with Gasteiger partial charge in [0.25, 0.3) is 11.8 Å². The smallest absolute Gasteiger partial charge is 0.257 e. The molecule has 0 aromatic carbocycles. The van der Waals surface area contributed by atoms with Gasteiger partial charge in [0.2, 0.25) is 0 Å². The van der Waals surface area contributed by atoms with Gasteiger partial charge >= 0.3 is 0 Å². The van der Waals surface area contributed by atoms with Gasteiger partial charge in [-0.3, -0.25) is 4.79 Å². The first kappa shape index (κ1) is 12.6.